The van der Waals surface area contributed by atoms with Crippen LogP contribution in [-0.4, -0.2) is 16.7 Å². The average molecular weight is 371 g/mol. The van der Waals surface area contributed by atoms with Gasteiger partial charge in [-0.15, -0.1) is 12.4 Å². The second-order valence-electron chi connectivity index (χ2n) is 7.24. The van der Waals surface area contributed by atoms with Crippen LogP contribution in [0.1, 0.15) is 57.6 Å². The van der Waals surface area contributed by atoms with E-state index in [0.29, 0.717) is 5.25 Å². The molecule has 0 radical (unpaired) electrons. The fraction of sp³-hybridized carbons (Fsp3) is 0.632. The van der Waals surface area contributed by atoms with Crippen molar-refractivity contribution in [1.29, 1.82) is 0 Å². The molecule has 3 N–H and O–H groups in total. The van der Waals surface area contributed by atoms with Gasteiger partial charge >= 0.3 is 0 Å². The molecule has 2 unspecified atom stereocenters. The maximum atomic E-state index is 12.7. The van der Waals surface area contributed by atoms with Crippen molar-refractivity contribution in [2.24, 2.45) is 11.7 Å². The Morgan fingerprint density at radius 2 is 2.12 bits per heavy atom. The first kappa shape index (κ1) is 21.3. The van der Waals surface area contributed by atoms with E-state index >= 15 is 0 Å². The minimum absolute atomic E-state index is 0. The molecule has 0 aliphatic heterocycles. The Hall–Kier alpha value is -0.710. The maximum absolute atomic E-state index is 12.7. The highest BCUT2D eigenvalue weighted by molar-refractivity contribution is 7.99. The monoisotopic (exact) mass is 370 g/mol. The Balaban J connectivity index is 0.00000288. The lowest BCUT2D eigenvalue weighted by atomic mass is 9.74. The molecule has 136 valence electrons. The number of nitrogens with two attached hydrogens (primary N) is 1. The van der Waals surface area contributed by atoms with Crippen LogP contribution in [0.2, 0.25) is 0 Å². The first-order valence-corrected chi connectivity index (χ1v) is 9.66. The van der Waals surface area contributed by atoms with Crippen LogP contribution in [-0.2, 0) is 10.5 Å². The molecular weight excluding hydrogens is 340 g/mol. The lowest BCUT2D eigenvalue weighted by Crippen LogP contribution is -2.51. The number of carbonyl (C=O) groups excluding carboxylic acids is 1. The normalized spacial score (nSPS) is 23.7. The summed E-state index contributed by atoms with van der Waals surface area (Å²) in [6.07, 6.45) is 4.03. The number of benzene rings is 1. The summed E-state index contributed by atoms with van der Waals surface area (Å²) in [5.41, 5.74) is 9.36. The SMILES string of the molecule is Cc1c(CSC(C)C)cccc1NC(=O)C1CCCCC1(C)N.Cl. The van der Waals surface area contributed by atoms with Crippen molar-refractivity contribution >= 4 is 35.8 Å². The molecule has 1 fully saturated rings. The summed E-state index contributed by atoms with van der Waals surface area (Å²) in [6, 6.07) is 6.17. The summed E-state index contributed by atoms with van der Waals surface area (Å²) in [5.74, 6) is 0.960. The minimum atomic E-state index is -0.388. The van der Waals surface area contributed by atoms with E-state index < -0.39 is 0 Å². The second-order valence-corrected chi connectivity index (χ2v) is 8.81. The van der Waals surface area contributed by atoms with Gasteiger partial charge in [0, 0.05) is 17.0 Å². The molecule has 0 saturated heterocycles. The molecule has 5 heteroatoms. The summed E-state index contributed by atoms with van der Waals surface area (Å²) in [4.78, 5) is 12.7. The number of hydrogen-bond acceptors (Lipinski definition) is 3. The summed E-state index contributed by atoms with van der Waals surface area (Å²) < 4.78 is 0. The van der Waals surface area contributed by atoms with E-state index in [-0.39, 0.29) is 29.8 Å². The number of halogens is 1. The number of thioether (sulfide) groups is 1. The van der Waals surface area contributed by atoms with Crippen molar-refractivity contribution < 1.29 is 4.79 Å². The molecule has 3 nitrogen and oxygen atoms in total. The summed E-state index contributed by atoms with van der Waals surface area (Å²) >= 11 is 1.92. The summed E-state index contributed by atoms with van der Waals surface area (Å²) in [5, 5.41) is 3.74. The largest absolute Gasteiger partial charge is 0.326 e. The van der Waals surface area contributed by atoms with Crippen LogP contribution in [0.5, 0.6) is 0 Å². The molecule has 2 rings (SSSR count). The van der Waals surface area contributed by atoms with E-state index in [1.807, 2.05) is 30.8 Å². The minimum Gasteiger partial charge on any atom is -0.326 e. The van der Waals surface area contributed by atoms with E-state index in [0.717, 1.165) is 37.1 Å². The smallest absolute Gasteiger partial charge is 0.229 e. The molecule has 24 heavy (non-hydrogen) atoms. The Morgan fingerprint density at radius 3 is 2.75 bits per heavy atom. The fourth-order valence-corrected chi connectivity index (χ4v) is 4.07. The standard InChI is InChI=1S/C19H30N2OS.ClH/c1-13(2)23-12-15-8-7-10-17(14(15)3)21-18(22)16-9-5-6-11-19(16,4)20;/h7-8,10,13,16H,5-6,9,11-12,20H2,1-4H3,(H,21,22);1H. The van der Waals surface area contributed by atoms with Crippen LogP contribution < -0.4 is 11.1 Å². The second kappa shape index (κ2) is 9.12. The Morgan fingerprint density at radius 1 is 1.42 bits per heavy atom. The molecule has 1 aromatic carbocycles. The van der Waals surface area contributed by atoms with Gasteiger partial charge in [-0.05, 0) is 49.1 Å². The van der Waals surface area contributed by atoms with Gasteiger partial charge in [0.2, 0.25) is 5.91 Å². The van der Waals surface area contributed by atoms with Crippen molar-refractivity contribution in [3.05, 3.63) is 29.3 Å². The fourth-order valence-electron chi connectivity index (χ4n) is 3.24. The highest BCUT2D eigenvalue weighted by atomic mass is 35.5. The highest BCUT2D eigenvalue weighted by Gasteiger charge is 2.37. The molecule has 0 spiro atoms. The third kappa shape index (κ3) is 5.40. The summed E-state index contributed by atoms with van der Waals surface area (Å²) in [7, 11) is 0. The first-order chi connectivity index (χ1) is 10.8. The molecule has 0 bridgehead atoms. The number of carbonyl (C=O) groups is 1. The molecule has 2 atom stereocenters. The number of amides is 1. The first-order valence-electron chi connectivity index (χ1n) is 8.61. The van der Waals surface area contributed by atoms with Crippen molar-refractivity contribution in [3.63, 3.8) is 0 Å². The van der Waals surface area contributed by atoms with Crippen molar-refractivity contribution in [2.45, 2.75) is 69.9 Å². The zero-order valence-electron chi connectivity index (χ0n) is 15.2. The third-order valence-electron chi connectivity index (χ3n) is 4.85. The zero-order valence-corrected chi connectivity index (χ0v) is 16.9. The molecular formula is C19H31ClN2OS. The topological polar surface area (TPSA) is 55.1 Å². The van der Waals surface area contributed by atoms with Gasteiger partial charge in [0.25, 0.3) is 0 Å². The van der Waals surface area contributed by atoms with Gasteiger partial charge in [-0.2, -0.15) is 11.8 Å². The van der Waals surface area contributed by atoms with Crippen molar-refractivity contribution in [1.82, 2.24) is 0 Å². The van der Waals surface area contributed by atoms with Crippen molar-refractivity contribution in [2.75, 3.05) is 5.32 Å². The molecule has 1 saturated carbocycles. The predicted molar refractivity (Wildman–Crippen MR) is 108 cm³/mol. The van der Waals surface area contributed by atoms with Crippen LogP contribution in [0.3, 0.4) is 0 Å². The van der Waals surface area contributed by atoms with Gasteiger partial charge < -0.3 is 11.1 Å². The van der Waals surface area contributed by atoms with Crippen LogP contribution >= 0.6 is 24.2 Å². The predicted octanol–water partition coefficient (Wildman–Crippen LogP) is 4.90. The van der Waals surface area contributed by atoms with E-state index in [4.69, 9.17) is 5.73 Å². The van der Waals surface area contributed by atoms with Crippen LogP contribution in [0.15, 0.2) is 18.2 Å². The Kier molecular flexibility index (Phi) is 8.10. The summed E-state index contributed by atoms with van der Waals surface area (Å²) in [6.45, 7) is 8.51. The lowest BCUT2D eigenvalue weighted by Gasteiger charge is -2.37. The van der Waals surface area contributed by atoms with Crippen LogP contribution in [0, 0.1) is 12.8 Å². The lowest BCUT2D eigenvalue weighted by molar-refractivity contribution is -0.122. The average Bonchev–Trinajstić information content (AvgIpc) is 2.47. The molecule has 1 amide bonds. The van der Waals surface area contributed by atoms with E-state index in [2.05, 4.69) is 32.2 Å². The Labute approximate surface area is 156 Å². The Bertz CT molecular complexity index is 560. The van der Waals surface area contributed by atoms with Gasteiger partial charge in [0.15, 0.2) is 0 Å². The molecule has 0 aromatic heterocycles. The highest BCUT2D eigenvalue weighted by Crippen LogP contribution is 2.33. The van der Waals surface area contributed by atoms with Crippen LogP contribution in [0.25, 0.3) is 0 Å². The van der Waals surface area contributed by atoms with E-state index in [1.54, 1.807) is 0 Å². The van der Waals surface area contributed by atoms with Gasteiger partial charge in [-0.3, -0.25) is 4.79 Å². The number of rotatable bonds is 5. The van der Waals surface area contributed by atoms with E-state index in [1.165, 1.54) is 11.1 Å². The maximum Gasteiger partial charge on any atom is 0.229 e. The number of nitrogens with one attached hydrogen (secondary N) is 1. The molecule has 0 heterocycles. The quantitative estimate of drug-likeness (QED) is 0.774. The van der Waals surface area contributed by atoms with Crippen LogP contribution in [0.4, 0.5) is 5.69 Å². The van der Waals surface area contributed by atoms with E-state index in [9.17, 15) is 4.79 Å². The molecule has 1 aromatic rings. The molecule has 1 aliphatic rings. The van der Waals surface area contributed by atoms with Crippen molar-refractivity contribution in [3.8, 4) is 0 Å². The number of anilines is 1. The van der Waals surface area contributed by atoms with Gasteiger partial charge in [-0.25, -0.2) is 0 Å². The molecule has 1 aliphatic carbocycles. The number of hydrogen-bond donors (Lipinski definition) is 2. The van der Waals surface area contributed by atoms with Gasteiger partial charge in [0.05, 0.1) is 5.92 Å². The third-order valence-corrected chi connectivity index (χ3v) is 5.99. The van der Waals surface area contributed by atoms with Gasteiger partial charge in [0.1, 0.15) is 0 Å². The zero-order chi connectivity index (χ0) is 17.0. The van der Waals surface area contributed by atoms with Gasteiger partial charge in [-0.1, -0.05) is 38.8 Å².